The number of carbonyl (C=O) groups is 2. The highest BCUT2D eigenvalue weighted by molar-refractivity contribution is 5.90. The number of amides is 1. The summed E-state index contributed by atoms with van der Waals surface area (Å²) in [5.41, 5.74) is 5.09. The molecule has 5 heteroatoms. The number of nitrogens with two attached hydrogens (primary N) is 1. The standard InChI is InChI=1S/C11H20N2O3/c1-3-11(12,4-2)10(16)13-7-5-6-8(13)9(14)15/h8H,3-7,12H2,1-2H3,(H,14,15). The first-order chi connectivity index (χ1) is 7.46. The second-order valence-corrected chi connectivity index (χ2v) is 4.36. The molecule has 16 heavy (non-hydrogen) atoms. The zero-order valence-corrected chi connectivity index (χ0v) is 9.90. The molecule has 0 saturated carbocycles. The van der Waals surface area contributed by atoms with E-state index >= 15 is 0 Å². The predicted molar refractivity (Wildman–Crippen MR) is 59.9 cm³/mol. The Morgan fingerprint density at radius 1 is 1.44 bits per heavy atom. The molecule has 1 unspecified atom stereocenters. The number of nitrogens with zero attached hydrogens (tertiary/aromatic N) is 1. The SMILES string of the molecule is CCC(N)(CC)C(=O)N1CCCC1C(=O)O. The normalized spacial score (nSPS) is 21.2. The van der Waals surface area contributed by atoms with Crippen molar-refractivity contribution in [2.75, 3.05) is 6.54 Å². The lowest BCUT2D eigenvalue weighted by Crippen LogP contribution is -2.56. The van der Waals surface area contributed by atoms with Crippen LogP contribution < -0.4 is 5.73 Å². The van der Waals surface area contributed by atoms with Crippen LogP contribution in [0.25, 0.3) is 0 Å². The number of carboxylic acids is 1. The Balaban J connectivity index is 2.84. The molecular weight excluding hydrogens is 208 g/mol. The van der Waals surface area contributed by atoms with Crippen LogP contribution in [0.1, 0.15) is 39.5 Å². The van der Waals surface area contributed by atoms with Gasteiger partial charge in [-0.2, -0.15) is 0 Å². The van der Waals surface area contributed by atoms with E-state index < -0.39 is 17.6 Å². The molecule has 1 saturated heterocycles. The molecule has 3 N–H and O–H groups in total. The first kappa shape index (κ1) is 13.0. The van der Waals surface area contributed by atoms with Crippen LogP contribution in [-0.4, -0.2) is 40.0 Å². The fourth-order valence-electron chi connectivity index (χ4n) is 2.10. The lowest BCUT2D eigenvalue weighted by atomic mass is 9.92. The lowest BCUT2D eigenvalue weighted by molar-refractivity contribution is -0.150. The molecule has 1 amide bonds. The van der Waals surface area contributed by atoms with Gasteiger partial charge in [-0.1, -0.05) is 13.8 Å². The fourth-order valence-corrected chi connectivity index (χ4v) is 2.10. The summed E-state index contributed by atoms with van der Waals surface area (Å²) in [5, 5.41) is 9.01. The van der Waals surface area contributed by atoms with E-state index in [2.05, 4.69) is 0 Å². The molecule has 1 fully saturated rings. The Morgan fingerprint density at radius 3 is 2.44 bits per heavy atom. The van der Waals surface area contributed by atoms with Gasteiger partial charge in [0.05, 0.1) is 5.54 Å². The van der Waals surface area contributed by atoms with Crippen molar-refractivity contribution >= 4 is 11.9 Å². The van der Waals surface area contributed by atoms with E-state index in [1.54, 1.807) is 0 Å². The van der Waals surface area contributed by atoms with Crippen LogP contribution in [0, 0.1) is 0 Å². The van der Waals surface area contributed by atoms with Crippen LogP contribution in [0.5, 0.6) is 0 Å². The van der Waals surface area contributed by atoms with Gasteiger partial charge in [-0.05, 0) is 25.7 Å². The van der Waals surface area contributed by atoms with E-state index in [1.807, 2.05) is 13.8 Å². The number of hydrogen-bond acceptors (Lipinski definition) is 3. The highest BCUT2D eigenvalue weighted by Gasteiger charge is 2.41. The second-order valence-electron chi connectivity index (χ2n) is 4.36. The molecule has 0 aromatic carbocycles. The Morgan fingerprint density at radius 2 is 2.00 bits per heavy atom. The third-order valence-electron chi connectivity index (χ3n) is 3.49. The van der Waals surface area contributed by atoms with Crippen molar-refractivity contribution in [1.82, 2.24) is 4.90 Å². The molecule has 1 aliphatic heterocycles. The minimum atomic E-state index is -0.930. The van der Waals surface area contributed by atoms with Gasteiger partial charge in [0, 0.05) is 6.54 Å². The van der Waals surface area contributed by atoms with Gasteiger partial charge < -0.3 is 15.7 Å². The molecule has 0 aromatic heterocycles. The van der Waals surface area contributed by atoms with Crippen molar-refractivity contribution in [1.29, 1.82) is 0 Å². The molecule has 5 nitrogen and oxygen atoms in total. The number of likely N-dealkylation sites (tertiary alicyclic amines) is 1. The van der Waals surface area contributed by atoms with Crippen molar-refractivity contribution in [3.63, 3.8) is 0 Å². The monoisotopic (exact) mass is 228 g/mol. The molecule has 0 radical (unpaired) electrons. The van der Waals surface area contributed by atoms with Gasteiger partial charge in [0.2, 0.25) is 5.91 Å². The maximum Gasteiger partial charge on any atom is 0.326 e. The van der Waals surface area contributed by atoms with Gasteiger partial charge in [-0.15, -0.1) is 0 Å². The summed E-state index contributed by atoms with van der Waals surface area (Å²) < 4.78 is 0. The maximum absolute atomic E-state index is 12.2. The number of carboxylic acid groups (broad SMARTS) is 1. The molecule has 0 aromatic rings. The highest BCUT2D eigenvalue weighted by Crippen LogP contribution is 2.23. The molecule has 1 heterocycles. The number of rotatable bonds is 4. The zero-order valence-electron chi connectivity index (χ0n) is 9.90. The summed E-state index contributed by atoms with van der Waals surface area (Å²) in [5.74, 6) is -1.15. The van der Waals surface area contributed by atoms with E-state index in [-0.39, 0.29) is 5.91 Å². The van der Waals surface area contributed by atoms with Crippen LogP contribution in [0.4, 0.5) is 0 Å². The average Bonchev–Trinajstić information content (AvgIpc) is 2.75. The molecular formula is C11H20N2O3. The van der Waals surface area contributed by atoms with E-state index in [1.165, 1.54) is 4.90 Å². The van der Waals surface area contributed by atoms with Crippen molar-refractivity contribution in [3.8, 4) is 0 Å². The summed E-state index contributed by atoms with van der Waals surface area (Å²) >= 11 is 0. The molecule has 1 aliphatic rings. The Kier molecular flexibility index (Phi) is 3.91. The fraction of sp³-hybridized carbons (Fsp3) is 0.818. The number of carbonyl (C=O) groups excluding carboxylic acids is 1. The topological polar surface area (TPSA) is 83.6 Å². The summed E-state index contributed by atoms with van der Waals surface area (Å²) in [7, 11) is 0. The molecule has 0 spiro atoms. The van der Waals surface area contributed by atoms with E-state index in [0.717, 1.165) is 6.42 Å². The Bertz CT molecular complexity index is 287. The van der Waals surface area contributed by atoms with Crippen LogP contribution in [-0.2, 0) is 9.59 Å². The summed E-state index contributed by atoms with van der Waals surface area (Å²) in [4.78, 5) is 24.6. The van der Waals surface area contributed by atoms with Crippen molar-refractivity contribution in [2.45, 2.75) is 51.1 Å². The van der Waals surface area contributed by atoms with Crippen LogP contribution >= 0.6 is 0 Å². The lowest BCUT2D eigenvalue weighted by Gasteiger charge is -2.32. The number of aliphatic carboxylic acids is 1. The summed E-state index contributed by atoms with van der Waals surface area (Å²) in [6.07, 6.45) is 2.34. The maximum atomic E-state index is 12.2. The first-order valence-electron chi connectivity index (χ1n) is 5.79. The Hall–Kier alpha value is -1.10. The van der Waals surface area contributed by atoms with Gasteiger partial charge in [0.1, 0.15) is 6.04 Å². The van der Waals surface area contributed by atoms with Crippen LogP contribution in [0.3, 0.4) is 0 Å². The van der Waals surface area contributed by atoms with Crippen LogP contribution in [0.2, 0.25) is 0 Å². The van der Waals surface area contributed by atoms with Crippen molar-refractivity contribution in [2.24, 2.45) is 5.73 Å². The van der Waals surface area contributed by atoms with Gasteiger partial charge in [0.15, 0.2) is 0 Å². The zero-order chi connectivity index (χ0) is 12.3. The van der Waals surface area contributed by atoms with Gasteiger partial charge in [-0.3, -0.25) is 4.79 Å². The Labute approximate surface area is 95.6 Å². The van der Waals surface area contributed by atoms with E-state index in [0.29, 0.717) is 25.8 Å². The summed E-state index contributed by atoms with van der Waals surface area (Å²) in [6, 6.07) is -0.687. The van der Waals surface area contributed by atoms with Gasteiger partial charge in [0.25, 0.3) is 0 Å². The average molecular weight is 228 g/mol. The second kappa shape index (κ2) is 4.82. The van der Waals surface area contributed by atoms with E-state index in [9.17, 15) is 9.59 Å². The minimum absolute atomic E-state index is 0.220. The van der Waals surface area contributed by atoms with Crippen molar-refractivity contribution < 1.29 is 14.7 Å². The molecule has 0 bridgehead atoms. The van der Waals surface area contributed by atoms with Crippen molar-refractivity contribution in [3.05, 3.63) is 0 Å². The largest absolute Gasteiger partial charge is 0.480 e. The van der Waals surface area contributed by atoms with E-state index in [4.69, 9.17) is 10.8 Å². The predicted octanol–water partition coefficient (Wildman–Crippen LogP) is 0.579. The number of hydrogen-bond donors (Lipinski definition) is 2. The molecule has 92 valence electrons. The first-order valence-corrected chi connectivity index (χ1v) is 5.79. The molecule has 1 rings (SSSR count). The third-order valence-corrected chi connectivity index (χ3v) is 3.49. The highest BCUT2D eigenvalue weighted by atomic mass is 16.4. The molecule has 1 atom stereocenters. The minimum Gasteiger partial charge on any atom is -0.480 e. The van der Waals surface area contributed by atoms with Gasteiger partial charge >= 0.3 is 5.97 Å². The third kappa shape index (κ3) is 2.19. The smallest absolute Gasteiger partial charge is 0.326 e. The van der Waals surface area contributed by atoms with Crippen LogP contribution in [0.15, 0.2) is 0 Å². The quantitative estimate of drug-likeness (QED) is 0.737. The summed E-state index contributed by atoms with van der Waals surface area (Å²) in [6.45, 7) is 4.22. The molecule has 0 aliphatic carbocycles. The van der Waals surface area contributed by atoms with Gasteiger partial charge in [-0.25, -0.2) is 4.79 Å².